The first kappa shape index (κ1) is 16.5. The molecule has 114 valence electrons. The molecule has 0 bridgehead atoms. The third-order valence-corrected chi connectivity index (χ3v) is 2.44. The van der Waals surface area contributed by atoms with Crippen LogP contribution in [-0.2, 0) is 14.3 Å². The highest BCUT2D eigenvalue weighted by Crippen LogP contribution is 2.25. The molecule has 1 amide bonds. The molecule has 0 aliphatic rings. The number of benzene rings is 1. The van der Waals surface area contributed by atoms with E-state index in [1.54, 1.807) is 24.3 Å². The third-order valence-electron chi connectivity index (χ3n) is 2.44. The Balaban J connectivity index is 3.01. The van der Waals surface area contributed by atoms with Crippen LogP contribution in [0.25, 0.3) is 0 Å². The van der Waals surface area contributed by atoms with Crippen LogP contribution in [0.3, 0.4) is 0 Å². The fraction of sp³-hybridized carbons (Fsp3) is 0.286. The quantitative estimate of drug-likeness (QED) is 0.493. The molecule has 1 aromatic rings. The molecule has 0 unspecified atom stereocenters. The standard InChI is InChI=1S/C14H18N2O5/c1-15-14(19)11(9-13(18)20-2)16-10-5-3-4-6-12(10)21-8-7-17/h3-6,9,16-17H,7-8H2,1-2H3,(H,15,19)/b11-9-. The van der Waals surface area contributed by atoms with Crippen molar-refractivity contribution in [3.8, 4) is 5.75 Å². The Morgan fingerprint density at radius 1 is 1.33 bits per heavy atom. The van der Waals surface area contributed by atoms with Gasteiger partial charge in [-0.2, -0.15) is 0 Å². The molecule has 0 aliphatic heterocycles. The van der Waals surface area contributed by atoms with E-state index in [2.05, 4.69) is 15.4 Å². The molecule has 1 aromatic carbocycles. The van der Waals surface area contributed by atoms with Gasteiger partial charge in [0, 0.05) is 7.05 Å². The average molecular weight is 294 g/mol. The second kappa shape index (κ2) is 8.60. The Hall–Kier alpha value is -2.54. The minimum absolute atomic E-state index is 0.0180. The van der Waals surface area contributed by atoms with Crippen LogP contribution in [-0.4, -0.2) is 44.4 Å². The summed E-state index contributed by atoms with van der Waals surface area (Å²) >= 11 is 0. The Morgan fingerprint density at radius 3 is 2.67 bits per heavy atom. The number of methoxy groups -OCH3 is 1. The van der Waals surface area contributed by atoms with E-state index < -0.39 is 11.9 Å². The molecule has 0 radical (unpaired) electrons. The van der Waals surface area contributed by atoms with Crippen molar-refractivity contribution in [2.75, 3.05) is 32.7 Å². The maximum atomic E-state index is 11.8. The molecule has 3 N–H and O–H groups in total. The number of nitrogens with one attached hydrogen (secondary N) is 2. The number of esters is 1. The number of aliphatic hydroxyl groups excluding tert-OH is 1. The largest absolute Gasteiger partial charge is 0.489 e. The molecular formula is C14H18N2O5. The highest BCUT2D eigenvalue weighted by molar-refractivity contribution is 6.01. The van der Waals surface area contributed by atoms with Crippen LogP contribution in [0.1, 0.15) is 0 Å². The molecule has 0 saturated heterocycles. The topological polar surface area (TPSA) is 96.9 Å². The zero-order valence-corrected chi connectivity index (χ0v) is 11.9. The van der Waals surface area contributed by atoms with Crippen molar-refractivity contribution in [3.05, 3.63) is 36.0 Å². The fourth-order valence-corrected chi connectivity index (χ4v) is 1.47. The van der Waals surface area contributed by atoms with Gasteiger partial charge in [0.25, 0.3) is 5.91 Å². The van der Waals surface area contributed by atoms with Crippen LogP contribution >= 0.6 is 0 Å². The van der Waals surface area contributed by atoms with Crippen molar-refractivity contribution >= 4 is 17.6 Å². The number of para-hydroxylation sites is 2. The highest BCUT2D eigenvalue weighted by Gasteiger charge is 2.13. The Kier molecular flexibility index (Phi) is 6.76. The highest BCUT2D eigenvalue weighted by atomic mass is 16.5. The molecule has 0 heterocycles. The number of rotatable bonds is 7. The number of anilines is 1. The minimum Gasteiger partial charge on any atom is -0.489 e. The normalized spacial score (nSPS) is 10.7. The van der Waals surface area contributed by atoms with Gasteiger partial charge in [0.1, 0.15) is 18.1 Å². The van der Waals surface area contributed by atoms with E-state index in [9.17, 15) is 9.59 Å². The van der Waals surface area contributed by atoms with Crippen LogP contribution in [0.4, 0.5) is 5.69 Å². The first-order valence-electron chi connectivity index (χ1n) is 6.23. The summed E-state index contributed by atoms with van der Waals surface area (Å²) in [4.78, 5) is 23.1. The molecule has 7 heteroatoms. The van der Waals surface area contributed by atoms with Crippen molar-refractivity contribution in [2.45, 2.75) is 0 Å². The summed E-state index contributed by atoms with van der Waals surface area (Å²) in [7, 11) is 2.67. The van der Waals surface area contributed by atoms with Crippen molar-refractivity contribution < 1.29 is 24.2 Å². The second-order valence-electron chi connectivity index (χ2n) is 3.85. The van der Waals surface area contributed by atoms with E-state index >= 15 is 0 Å². The summed E-state index contributed by atoms with van der Waals surface area (Å²) in [5.41, 5.74) is 0.508. The predicted molar refractivity (Wildman–Crippen MR) is 76.8 cm³/mol. The van der Waals surface area contributed by atoms with Gasteiger partial charge in [0.2, 0.25) is 0 Å². The lowest BCUT2D eigenvalue weighted by Crippen LogP contribution is -2.25. The van der Waals surface area contributed by atoms with E-state index in [-0.39, 0.29) is 18.9 Å². The van der Waals surface area contributed by atoms with E-state index in [1.165, 1.54) is 14.2 Å². The zero-order valence-electron chi connectivity index (χ0n) is 11.9. The monoisotopic (exact) mass is 294 g/mol. The van der Waals surface area contributed by atoms with Crippen molar-refractivity contribution in [2.24, 2.45) is 0 Å². The van der Waals surface area contributed by atoms with E-state index in [1.807, 2.05) is 0 Å². The molecule has 1 rings (SSSR count). The SMILES string of the molecule is CNC(=O)/C(=C/C(=O)OC)Nc1ccccc1OCCO. The number of ether oxygens (including phenoxy) is 2. The molecule has 21 heavy (non-hydrogen) atoms. The minimum atomic E-state index is -0.658. The molecular weight excluding hydrogens is 276 g/mol. The number of hydrogen-bond acceptors (Lipinski definition) is 6. The van der Waals surface area contributed by atoms with Gasteiger partial charge in [-0.25, -0.2) is 4.79 Å². The van der Waals surface area contributed by atoms with Crippen molar-refractivity contribution in [1.82, 2.24) is 5.32 Å². The van der Waals surface area contributed by atoms with Crippen LogP contribution in [0.5, 0.6) is 5.75 Å². The van der Waals surface area contributed by atoms with Crippen molar-refractivity contribution in [1.29, 1.82) is 0 Å². The van der Waals surface area contributed by atoms with Crippen LogP contribution in [0.2, 0.25) is 0 Å². The first-order chi connectivity index (χ1) is 10.1. The van der Waals surface area contributed by atoms with Crippen LogP contribution in [0, 0.1) is 0 Å². The summed E-state index contributed by atoms with van der Waals surface area (Å²) in [6.07, 6.45) is 1.04. The third kappa shape index (κ3) is 5.15. The average Bonchev–Trinajstić information content (AvgIpc) is 2.52. The first-order valence-corrected chi connectivity index (χ1v) is 6.23. The maximum absolute atomic E-state index is 11.8. The van der Waals surface area contributed by atoms with E-state index in [4.69, 9.17) is 9.84 Å². The van der Waals surface area contributed by atoms with E-state index in [0.29, 0.717) is 11.4 Å². The lowest BCUT2D eigenvalue weighted by atomic mass is 10.2. The number of carbonyl (C=O) groups excluding carboxylic acids is 2. The summed E-state index contributed by atoms with van der Waals surface area (Å²) in [6.45, 7) is -0.0106. The summed E-state index contributed by atoms with van der Waals surface area (Å²) < 4.78 is 9.85. The van der Waals surface area contributed by atoms with Crippen molar-refractivity contribution in [3.63, 3.8) is 0 Å². The lowest BCUT2D eigenvalue weighted by molar-refractivity contribution is -0.135. The molecule has 0 fully saturated rings. The number of amides is 1. The summed E-state index contributed by atoms with van der Waals surface area (Å²) in [5.74, 6) is -0.682. The number of hydrogen-bond donors (Lipinski definition) is 3. The van der Waals surface area contributed by atoms with Gasteiger partial charge in [-0.1, -0.05) is 12.1 Å². The molecule has 0 aliphatic carbocycles. The van der Waals surface area contributed by atoms with Gasteiger partial charge in [-0.15, -0.1) is 0 Å². The maximum Gasteiger partial charge on any atom is 0.332 e. The second-order valence-corrected chi connectivity index (χ2v) is 3.85. The summed E-state index contributed by atoms with van der Waals surface area (Å²) in [5, 5.41) is 14.0. The van der Waals surface area contributed by atoms with Crippen LogP contribution < -0.4 is 15.4 Å². The van der Waals surface area contributed by atoms with Gasteiger partial charge in [0.05, 0.1) is 25.5 Å². The molecule has 0 aromatic heterocycles. The van der Waals surface area contributed by atoms with Gasteiger partial charge in [-0.05, 0) is 12.1 Å². The predicted octanol–water partition coefficient (Wildman–Crippen LogP) is 0.272. The summed E-state index contributed by atoms with van der Waals surface area (Å²) in [6, 6.07) is 6.85. The lowest BCUT2D eigenvalue weighted by Gasteiger charge is -2.14. The Bertz CT molecular complexity index is 528. The van der Waals surface area contributed by atoms with Crippen LogP contribution in [0.15, 0.2) is 36.0 Å². The number of carbonyl (C=O) groups is 2. The number of likely N-dealkylation sites (N-methyl/N-ethyl adjacent to an activating group) is 1. The number of aliphatic hydroxyl groups is 1. The smallest absolute Gasteiger partial charge is 0.332 e. The Morgan fingerprint density at radius 2 is 2.05 bits per heavy atom. The Labute approximate surface area is 122 Å². The van der Waals surface area contributed by atoms with Gasteiger partial charge in [0.15, 0.2) is 0 Å². The van der Waals surface area contributed by atoms with Gasteiger partial charge in [-0.3, -0.25) is 4.79 Å². The molecule has 0 atom stereocenters. The van der Waals surface area contributed by atoms with E-state index in [0.717, 1.165) is 6.08 Å². The fourth-order valence-electron chi connectivity index (χ4n) is 1.47. The zero-order chi connectivity index (χ0) is 15.7. The molecule has 0 spiro atoms. The molecule has 0 saturated carbocycles. The van der Waals surface area contributed by atoms with Gasteiger partial charge < -0.3 is 25.2 Å². The van der Waals surface area contributed by atoms with Gasteiger partial charge >= 0.3 is 5.97 Å². The molecule has 7 nitrogen and oxygen atoms in total.